The lowest BCUT2D eigenvalue weighted by Gasteiger charge is -2.26. The number of ether oxygens (including phenoxy) is 1. The lowest BCUT2D eigenvalue weighted by molar-refractivity contribution is 0.0730. The van der Waals surface area contributed by atoms with E-state index in [2.05, 4.69) is 5.32 Å². The zero-order chi connectivity index (χ0) is 26.0. The summed E-state index contributed by atoms with van der Waals surface area (Å²) in [4.78, 5) is 25.9. The maximum absolute atomic E-state index is 14.2. The highest BCUT2D eigenvalue weighted by atomic mass is 35.5. The van der Waals surface area contributed by atoms with Crippen molar-refractivity contribution in [1.29, 1.82) is 0 Å². The number of halogens is 4. The molecule has 0 aliphatic carbocycles. The number of amides is 1. The third-order valence-electron chi connectivity index (χ3n) is 5.45. The molecule has 12 heteroatoms. The van der Waals surface area contributed by atoms with Gasteiger partial charge in [0.25, 0.3) is 5.91 Å². The highest BCUT2D eigenvalue weighted by molar-refractivity contribution is 7.89. The first-order valence-corrected chi connectivity index (χ1v) is 13.1. The predicted octanol–water partition coefficient (Wildman–Crippen LogP) is 5.29. The third-order valence-corrected chi connectivity index (χ3v) is 8.36. The van der Waals surface area contributed by atoms with Crippen molar-refractivity contribution in [2.45, 2.75) is 4.90 Å². The highest BCUT2D eigenvalue weighted by Crippen LogP contribution is 2.32. The summed E-state index contributed by atoms with van der Waals surface area (Å²) in [5, 5.41) is 2.49. The van der Waals surface area contributed by atoms with Crippen LogP contribution < -0.4 is 5.32 Å². The molecular weight excluding hydrogens is 554 g/mol. The lowest BCUT2D eigenvalue weighted by Crippen LogP contribution is -2.40. The summed E-state index contributed by atoms with van der Waals surface area (Å²) in [6, 6.07) is 11.8. The summed E-state index contributed by atoms with van der Waals surface area (Å²) in [6.45, 7) is 0.727. The summed E-state index contributed by atoms with van der Waals surface area (Å²) in [7, 11) is -4.04. The number of morpholine rings is 1. The number of carbonyl (C=O) groups is 2. The molecule has 1 saturated heterocycles. The number of carbonyl (C=O) groups excluding carboxylic acids is 2. The summed E-state index contributed by atoms with van der Waals surface area (Å²) >= 11 is 18.5. The van der Waals surface area contributed by atoms with Gasteiger partial charge in [-0.3, -0.25) is 9.59 Å². The molecule has 7 nitrogen and oxygen atoms in total. The van der Waals surface area contributed by atoms with Gasteiger partial charge >= 0.3 is 0 Å². The van der Waals surface area contributed by atoms with Crippen molar-refractivity contribution in [3.05, 3.63) is 92.2 Å². The topological polar surface area (TPSA) is 92.8 Å². The SMILES string of the molecule is O=C(Nc1ccc(Cl)cc1C(=O)c1ccccc1F)c1cc(S(=O)(=O)N2CCOCC2)c(Cl)cc1Cl. The average Bonchev–Trinajstić information content (AvgIpc) is 2.85. The molecule has 188 valence electrons. The number of hydrogen-bond donors (Lipinski definition) is 1. The van der Waals surface area contributed by atoms with E-state index in [0.29, 0.717) is 0 Å². The van der Waals surface area contributed by atoms with E-state index >= 15 is 0 Å². The largest absolute Gasteiger partial charge is 0.379 e. The molecule has 4 rings (SSSR count). The molecule has 3 aromatic rings. The second-order valence-corrected chi connectivity index (χ2v) is 10.9. The molecule has 0 atom stereocenters. The Morgan fingerprint density at radius 3 is 2.28 bits per heavy atom. The summed E-state index contributed by atoms with van der Waals surface area (Å²) < 4.78 is 46.9. The molecule has 0 saturated carbocycles. The Balaban J connectivity index is 1.70. The molecule has 1 N–H and O–H groups in total. The zero-order valence-electron chi connectivity index (χ0n) is 18.4. The van der Waals surface area contributed by atoms with E-state index in [0.717, 1.165) is 12.1 Å². The maximum atomic E-state index is 14.2. The van der Waals surface area contributed by atoms with Crippen molar-refractivity contribution in [2.75, 3.05) is 31.6 Å². The van der Waals surface area contributed by atoms with Gasteiger partial charge in [-0.25, -0.2) is 12.8 Å². The van der Waals surface area contributed by atoms with E-state index < -0.39 is 27.5 Å². The zero-order valence-corrected chi connectivity index (χ0v) is 21.5. The number of nitrogens with zero attached hydrogens (tertiary/aromatic N) is 1. The summed E-state index contributed by atoms with van der Waals surface area (Å²) in [5.41, 5.74) is -0.431. The first-order chi connectivity index (χ1) is 17.1. The highest BCUT2D eigenvalue weighted by Gasteiger charge is 2.30. The Hall–Kier alpha value is -2.53. The van der Waals surface area contributed by atoms with Gasteiger partial charge in [-0.05, 0) is 42.5 Å². The Morgan fingerprint density at radius 2 is 1.58 bits per heavy atom. The van der Waals surface area contributed by atoms with Crippen LogP contribution in [0.25, 0.3) is 0 Å². The molecule has 1 aliphatic heterocycles. The van der Waals surface area contributed by atoms with Crippen LogP contribution in [0.4, 0.5) is 10.1 Å². The van der Waals surface area contributed by atoms with Crippen molar-refractivity contribution in [3.8, 4) is 0 Å². The number of sulfonamides is 1. The van der Waals surface area contributed by atoms with Crippen LogP contribution in [0.15, 0.2) is 59.5 Å². The molecule has 1 aliphatic rings. The normalized spacial score (nSPS) is 14.4. The second kappa shape index (κ2) is 10.8. The molecule has 1 heterocycles. The number of anilines is 1. The van der Waals surface area contributed by atoms with E-state index in [1.807, 2.05) is 0 Å². The number of benzene rings is 3. The van der Waals surface area contributed by atoms with Gasteiger partial charge in [0.1, 0.15) is 10.7 Å². The molecule has 0 spiro atoms. The quantitative estimate of drug-likeness (QED) is 0.406. The summed E-state index contributed by atoms with van der Waals surface area (Å²) in [6.07, 6.45) is 0. The molecule has 3 aromatic carbocycles. The predicted molar refractivity (Wildman–Crippen MR) is 135 cm³/mol. The molecule has 36 heavy (non-hydrogen) atoms. The Kier molecular flexibility index (Phi) is 7.99. The van der Waals surface area contributed by atoms with Crippen molar-refractivity contribution in [1.82, 2.24) is 4.31 Å². The molecular formula is C24H18Cl3FN2O5S. The number of nitrogens with one attached hydrogen (secondary N) is 1. The van der Waals surface area contributed by atoms with Gasteiger partial charge in [0.15, 0.2) is 5.78 Å². The standard InChI is InChI=1S/C24H18Cl3FN2O5S/c25-14-5-6-21(17(11-14)23(31)15-3-1-2-4-20(15)28)29-24(32)16-12-22(19(27)13-18(16)26)36(33,34)30-7-9-35-10-8-30/h1-6,11-13H,7-10H2,(H,29,32). The fourth-order valence-electron chi connectivity index (χ4n) is 3.62. The van der Waals surface area contributed by atoms with Gasteiger partial charge < -0.3 is 10.1 Å². The molecule has 0 aromatic heterocycles. The Bertz CT molecular complexity index is 1460. The van der Waals surface area contributed by atoms with Gasteiger partial charge in [-0.15, -0.1) is 0 Å². The fraction of sp³-hybridized carbons (Fsp3) is 0.167. The van der Waals surface area contributed by atoms with E-state index in [9.17, 15) is 22.4 Å². The second-order valence-electron chi connectivity index (χ2n) is 7.73. The first-order valence-electron chi connectivity index (χ1n) is 10.6. The Labute approximate surface area is 221 Å². The van der Waals surface area contributed by atoms with E-state index in [-0.39, 0.29) is 68.6 Å². The van der Waals surface area contributed by atoms with Crippen LogP contribution in [0, 0.1) is 5.82 Å². The van der Waals surface area contributed by atoms with Crippen molar-refractivity contribution in [3.63, 3.8) is 0 Å². The van der Waals surface area contributed by atoms with Gasteiger partial charge in [-0.1, -0.05) is 46.9 Å². The van der Waals surface area contributed by atoms with Crippen LogP contribution in [0.1, 0.15) is 26.3 Å². The van der Waals surface area contributed by atoms with E-state index in [4.69, 9.17) is 39.5 Å². The number of hydrogen-bond acceptors (Lipinski definition) is 5. The van der Waals surface area contributed by atoms with Crippen molar-refractivity contribution in [2.24, 2.45) is 0 Å². The summed E-state index contributed by atoms with van der Waals surface area (Å²) in [5.74, 6) is -2.25. The first kappa shape index (κ1) is 26.5. The smallest absolute Gasteiger partial charge is 0.257 e. The van der Waals surface area contributed by atoms with Crippen LogP contribution in [0.2, 0.25) is 15.1 Å². The van der Waals surface area contributed by atoms with Crippen molar-refractivity contribution < 1.29 is 27.1 Å². The molecule has 0 bridgehead atoms. The molecule has 0 radical (unpaired) electrons. The fourth-order valence-corrected chi connectivity index (χ4v) is 6.03. The number of rotatable bonds is 6. The van der Waals surface area contributed by atoms with E-state index in [1.165, 1.54) is 46.8 Å². The lowest BCUT2D eigenvalue weighted by atomic mass is 10.0. The van der Waals surface area contributed by atoms with Crippen LogP contribution >= 0.6 is 34.8 Å². The van der Waals surface area contributed by atoms with Gasteiger partial charge in [0, 0.05) is 23.7 Å². The van der Waals surface area contributed by atoms with Crippen LogP contribution in [-0.2, 0) is 14.8 Å². The molecule has 1 amide bonds. The minimum absolute atomic E-state index is 0.0289. The van der Waals surface area contributed by atoms with Crippen LogP contribution in [0.5, 0.6) is 0 Å². The van der Waals surface area contributed by atoms with E-state index in [1.54, 1.807) is 0 Å². The third kappa shape index (κ3) is 5.41. The number of ketones is 1. The van der Waals surface area contributed by atoms with Gasteiger partial charge in [0.2, 0.25) is 10.0 Å². The molecule has 1 fully saturated rings. The van der Waals surface area contributed by atoms with Gasteiger partial charge in [-0.2, -0.15) is 4.31 Å². The van der Waals surface area contributed by atoms with Gasteiger partial charge in [0.05, 0.1) is 40.1 Å². The van der Waals surface area contributed by atoms with Crippen molar-refractivity contribution >= 4 is 62.2 Å². The Morgan fingerprint density at radius 1 is 0.889 bits per heavy atom. The van der Waals surface area contributed by atoms with Crippen LogP contribution in [-0.4, -0.2) is 50.7 Å². The van der Waals surface area contributed by atoms with Crippen LogP contribution in [0.3, 0.4) is 0 Å². The molecule has 0 unspecified atom stereocenters. The average molecular weight is 572 g/mol. The minimum atomic E-state index is -4.04. The monoisotopic (exact) mass is 570 g/mol. The minimum Gasteiger partial charge on any atom is -0.379 e. The maximum Gasteiger partial charge on any atom is 0.257 e.